The van der Waals surface area contributed by atoms with Gasteiger partial charge in [-0.05, 0) is 13.8 Å². The van der Waals surface area contributed by atoms with Gasteiger partial charge in [0.1, 0.15) is 0 Å². The molecule has 37 valence electrons. The van der Waals surface area contributed by atoms with Crippen LogP contribution in [-0.2, 0) is 0 Å². The lowest BCUT2D eigenvalue weighted by atomic mass is 10.1. The number of rotatable bonds is 1. The van der Waals surface area contributed by atoms with Crippen molar-refractivity contribution in [3.05, 3.63) is 0 Å². The zero-order valence-electron chi connectivity index (χ0n) is 4.28. The molecule has 0 atom stereocenters. The van der Waals surface area contributed by atoms with Gasteiger partial charge in [-0.25, -0.2) is 0 Å². The van der Waals surface area contributed by atoms with E-state index in [1.54, 1.807) is 13.8 Å². The van der Waals surface area contributed by atoms with Gasteiger partial charge in [0.15, 0.2) is 0 Å². The fourth-order valence-corrected chi connectivity index (χ4v) is 0. The first-order valence-corrected chi connectivity index (χ1v) is 2.01. The highest BCUT2D eigenvalue weighted by atomic mass is 14.8. The molecule has 2 heteroatoms. The highest BCUT2D eigenvalue weighted by Crippen LogP contribution is 1.91. The first-order chi connectivity index (χ1) is 2.56. The van der Waals surface area contributed by atoms with Gasteiger partial charge >= 0.3 is 0 Å². The van der Waals surface area contributed by atoms with Crippen LogP contribution in [0.15, 0.2) is 0 Å². The molecule has 0 amide bonds. The minimum absolute atomic E-state index is 0.431. The fourth-order valence-electron chi connectivity index (χ4n) is 0. The Balaban J connectivity index is 3.17. The Hall–Kier alpha value is -0.0800. The third-order valence-corrected chi connectivity index (χ3v) is 0.510. The molecule has 2 nitrogen and oxygen atoms in total. The molecule has 0 rings (SSSR count). The second kappa shape index (κ2) is 1.58. The lowest BCUT2D eigenvalue weighted by Crippen LogP contribution is -2.31. The largest absolute Gasteiger partial charge is 0.329 e. The topological polar surface area (TPSA) is 49.8 Å². The smallest absolute Gasteiger partial charge is 0.0389 e. The molecule has 0 aromatic rings. The van der Waals surface area contributed by atoms with E-state index in [1.165, 1.54) is 0 Å². The van der Waals surface area contributed by atoms with E-state index in [4.69, 9.17) is 11.5 Å². The summed E-state index contributed by atoms with van der Waals surface area (Å²) >= 11 is 0. The molecule has 3 N–H and O–H groups in total. The van der Waals surface area contributed by atoms with Gasteiger partial charge in [-0.15, -0.1) is 0 Å². The summed E-state index contributed by atoms with van der Waals surface area (Å²) in [6, 6.07) is 0. The molecule has 0 aliphatic carbocycles. The molecular formula is C4H11N2. The Morgan fingerprint density at radius 2 is 1.83 bits per heavy atom. The van der Waals surface area contributed by atoms with Crippen molar-refractivity contribution in [1.82, 2.24) is 5.73 Å². The molecule has 0 bridgehead atoms. The average molecular weight is 87.1 g/mol. The summed E-state index contributed by atoms with van der Waals surface area (Å²) in [5, 5.41) is 0. The minimum atomic E-state index is -0.431. The van der Waals surface area contributed by atoms with Crippen molar-refractivity contribution in [3.63, 3.8) is 0 Å². The zero-order chi connectivity index (χ0) is 5.21. The SMILES string of the molecule is CC(C)([NH])CN. The van der Waals surface area contributed by atoms with Gasteiger partial charge in [-0.3, -0.25) is 5.73 Å². The van der Waals surface area contributed by atoms with Crippen molar-refractivity contribution in [3.8, 4) is 0 Å². The molecule has 1 radical (unpaired) electrons. The molecule has 0 saturated heterocycles. The molecular weight excluding hydrogens is 76.1 g/mol. The third-order valence-electron chi connectivity index (χ3n) is 0.510. The van der Waals surface area contributed by atoms with Crippen LogP contribution in [0.25, 0.3) is 0 Å². The van der Waals surface area contributed by atoms with Crippen molar-refractivity contribution < 1.29 is 0 Å². The molecule has 0 aliphatic heterocycles. The van der Waals surface area contributed by atoms with E-state index >= 15 is 0 Å². The number of nitrogens with one attached hydrogen (secondary N) is 1. The summed E-state index contributed by atoms with van der Waals surface area (Å²) in [5.41, 5.74) is 11.7. The van der Waals surface area contributed by atoms with E-state index in [2.05, 4.69) is 0 Å². The van der Waals surface area contributed by atoms with E-state index in [9.17, 15) is 0 Å². The Kier molecular flexibility index (Phi) is 1.56. The summed E-state index contributed by atoms with van der Waals surface area (Å²) in [4.78, 5) is 0. The van der Waals surface area contributed by atoms with Gasteiger partial charge in [-0.2, -0.15) is 0 Å². The number of hydrogen-bond acceptors (Lipinski definition) is 1. The van der Waals surface area contributed by atoms with Crippen molar-refractivity contribution in [2.75, 3.05) is 6.54 Å². The highest BCUT2D eigenvalue weighted by Gasteiger charge is 2.05. The Bertz CT molecular complexity index is 35.3. The molecule has 0 saturated carbocycles. The van der Waals surface area contributed by atoms with Crippen molar-refractivity contribution in [2.24, 2.45) is 5.73 Å². The summed E-state index contributed by atoms with van der Waals surface area (Å²) < 4.78 is 0. The Morgan fingerprint density at radius 3 is 1.83 bits per heavy atom. The predicted octanol–water partition coefficient (Wildman–Crippen LogP) is 0.00660. The lowest BCUT2D eigenvalue weighted by Gasteiger charge is -2.11. The van der Waals surface area contributed by atoms with Crippen LogP contribution in [0.4, 0.5) is 0 Å². The average Bonchev–Trinajstić information content (AvgIpc) is 1.35. The molecule has 0 aromatic carbocycles. The maximum absolute atomic E-state index is 7.06. The standard InChI is InChI=1S/C4H11N2/c1-4(2,6)3-5/h6H,3,5H2,1-2H3. The summed E-state index contributed by atoms with van der Waals surface area (Å²) in [5.74, 6) is 0. The summed E-state index contributed by atoms with van der Waals surface area (Å²) in [6.07, 6.45) is 0. The molecule has 6 heavy (non-hydrogen) atoms. The fraction of sp³-hybridized carbons (Fsp3) is 1.00. The van der Waals surface area contributed by atoms with E-state index < -0.39 is 5.54 Å². The maximum Gasteiger partial charge on any atom is 0.0389 e. The van der Waals surface area contributed by atoms with Gasteiger partial charge in [-0.1, -0.05) is 0 Å². The van der Waals surface area contributed by atoms with E-state index in [1.807, 2.05) is 0 Å². The van der Waals surface area contributed by atoms with Gasteiger partial charge in [0.25, 0.3) is 0 Å². The van der Waals surface area contributed by atoms with Gasteiger partial charge in [0, 0.05) is 12.1 Å². The predicted molar refractivity (Wildman–Crippen MR) is 26.2 cm³/mol. The second-order valence-corrected chi connectivity index (χ2v) is 2.09. The van der Waals surface area contributed by atoms with E-state index in [0.29, 0.717) is 6.54 Å². The molecule has 0 heterocycles. The maximum atomic E-state index is 7.06. The third kappa shape index (κ3) is 3.92. The number of hydrogen-bond donors (Lipinski definition) is 1. The molecule has 0 unspecified atom stereocenters. The lowest BCUT2D eigenvalue weighted by molar-refractivity contribution is 0.513. The number of nitrogens with two attached hydrogens (primary N) is 1. The second-order valence-electron chi connectivity index (χ2n) is 2.09. The molecule has 0 spiro atoms. The van der Waals surface area contributed by atoms with Crippen molar-refractivity contribution in [2.45, 2.75) is 19.4 Å². The summed E-state index contributed by atoms with van der Waals surface area (Å²) in [6.45, 7) is 4.01. The normalized spacial score (nSPS) is 12.0. The van der Waals surface area contributed by atoms with Gasteiger partial charge in [0.2, 0.25) is 0 Å². The van der Waals surface area contributed by atoms with Crippen LogP contribution < -0.4 is 11.5 Å². The minimum Gasteiger partial charge on any atom is -0.329 e. The monoisotopic (exact) mass is 87.1 g/mol. The van der Waals surface area contributed by atoms with Crippen molar-refractivity contribution in [1.29, 1.82) is 0 Å². The first-order valence-electron chi connectivity index (χ1n) is 2.01. The zero-order valence-corrected chi connectivity index (χ0v) is 4.28. The van der Waals surface area contributed by atoms with E-state index in [0.717, 1.165) is 0 Å². The van der Waals surface area contributed by atoms with Gasteiger partial charge in [0.05, 0.1) is 0 Å². The van der Waals surface area contributed by atoms with Crippen LogP contribution in [0.3, 0.4) is 0 Å². The van der Waals surface area contributed by atoms with Crippen LogP contribution in [-0.4, -0.2) is 12.1 Å². The van der Waals surface area contributed by atoms with Crippen LogP contribution >= 0.6 is 0 Å². The molecule has 0 aromatic heterocycles. The summed E-state index contributed by atoms with van der Waals surface area (Å²) in [7, 11) is 0. The highest BCUT2D eigenvalue weighted by molar-refractivity contribution is 4.69. The van der Waals surface area contributed by atoms with Gasteiger partial charge < -0.3 is 5.73 Å². The van der Waals surface area contributed by atoms with Crippen LogP contribution in [0.5, 0.6) is 0 Å². The molecule has 0 aliphatic rings. The first kappa shape index (κ1) is 5.92. The van der Waals surface area contributed by atoms with Crippen LogP contribution in [0.2, 0.25) is 0 Å². The molecule has 0 fully saturated rings. The van der Waals surface area contributed by atoms with E-state index in [-0.39, 0.29) is 0 Å². The Labute approximate surface area is 38.5 Å². The van der Waals surface area contributed by atoms with Crippen LogP contribution in [0.1, 0.15) is 13.8 Å². The van der Waals surface area contributed by atoms with Crippen molar-refractivity contribution >= 4 is 0 Å². The quantitative estimate of drug-likeness (QED) is 0.481. The van der Waals surface area contributed by atoms with Crippen LogP contribution in [0, 0.1) is 0 Å². The Morgan fingerprint density at radius 1 is 1.67 bits per heavy atom.